The number of nitrogens with one attached hydrogen (secondary N) is 1. The first kappa shape index (κ1) is 27.1. The highest BCUT2D eigenvalue weighted by molar-refractivity contribution is 7.64. The second-order valence-corrected chi connectivity index (χ2v) is 11.5. The van der Waals surface area contributed by atoms with E-state index < -0.39 is 31.6 Å². The standard InChI is InChI=1S/C22H30N3O8PS/c1-5-30-15(26)12-32-34(29,25-22(3,4)20(28)31-6-2)16-11-10-14(33-16)17-19(35-21(23)24-17)18(27)13-8-7-9-13/h10-11,13H,5-9,12H2,1-4H3,(H2,23,24)(H,25,29). The maximum atomic E-state index is 13.9. The van der Waals surface area contributed by atoms with Crippen LogP contribution in [0.2, 0.25) is 0 Å². The summed E-state index contributed by atoms with van der Waals surface area (Å²) in [6, 6.07) is 2.86. The lowest BCUT2D eigenvalue weighted by molar-refractivity contribution is -0.149. The average molecular weight is 528 g/mol. The number of aromatic nitrogens is 1. The molecule has 3 N–H and O–H groups in total. The number of nitrogen functional groups attached to an aromatic ring is 1. The summed E-state index contributed by atoms with van der Waals surface area (Å²) >= 11 is 1.07. The average Bonchev–Trinajstić information content (AvgIpc) is 3.38. The number of nitrogens with two attached hydrogens (primary N) is 1. The normalized spacial score (nSPS) is 15.8. The zero-order chi connectivity index (χ0) is 25.8. The van der Waals surface area contributed by atoms with E-state index in [2.05, 4.69) is 10.1 Å². The summed E-state index contributed by atoms with van der Waals surface area (Å²) in [5.41, 5.74) is 4.49. The van der Waals surface area contributed by atoms with Crippen LogP contribution in [0.3, 0.4) is 0 Å². The number of hydrogen-bond acceptors (Lipinski definition) is 11. The third kappa shape index (κ3) is 6.19. The summed E-state index contributed by atoms with van der Waals surface area (Å²) in [4.78, 5) is 41.8. The molecule has 2 aromatic heterocycles. The van der Waals surface area contributed by atoms with Crippen molar-refractivity contribution in [3.05, 3.63) is 17.0 Å². The summed E-state index contributed by atoms with van der Waals surface area (Å²) in [5, 5.41) is 2.86. The van der Waals surface area contributed by atoms with E-state index in [9.17, 15) is 18.9 Å². The molecule has 1 fully saturated rings. The van der Waals surface area contributed by atoms with Crippen LogP contribution >= 0.6 is 18.9 Å². The van der Waals surface area contributed by atoms with Gasteiger partial charge in [0.2, 0.25) is 5.50 Å². The highest BCUT2D eigenvalue weighted by Gasteiger charge is 2.42. The number of carbonyl (C=O) groups excluding carboxylic acids is 3. The first-order valence-corrected chi connectivity index (χ1v) is 13.7. The van der Waals surface area contributed by atoms with Crippen molar-refractivity contribution in [2.24, 2.45) is 5.92 Å². The van der Waals surface area contributed by atoms with E-state index in [4.69, 9.17) is 24.1 Å². The number of anilines is 1. The molecule has 192 valence electrons. The number of carbonyl (C=O) groups is 3. The van der Waals surface area contributed by atoms with Crippen LogP contribution in [0.1, 0.15) is 56.6 Å². The van der Waals surface area contributed by atoms with Crippen molar-refractivity contribution in [2.75, 3.05) is 25.6 Å². The molecule has 3 rings (SSSR count). The van der Waals surface area contributed by atoms with Gasteiger partial charge < -0.3 is 24.1 Å². The minimum Gasteiger partial charge on any atom is -0.465 e. The summed E-state index contributed by atoms with van der Waals surface area (Å²) in [5.74, 6) is -1.38. The topological polar surface area (TPSA) is 160 Å². The summed E-state index contributed by atoms with van der Waals surface area (Å²) in [7, 11) is -4.15. The van der Waals surface area contributed by atoms with E-state index in [0.29, 0.717) is 4.88 Å². The van der Waals surface area contributed by atoms with Gasteiger partial charge in [-0.3, -0.25) is 14.2 Å². The fourth-order valence-corrected chi connectivity index (χ4v) is 6.12. The second kappa shape index (κ2) is 11.0. The number of rotatable bonds is 12. The van der Waals surface area contributed by atoms with Crippen LogP contribution in [0.5, 0.6) is 0 Å². The summed E-state index contributed by atoms with van der Waals surface area (Å²) < 4.78 is 35.1. The molecule has 0 amide bonds. The number of Topliss-reactive ketones (excluding diaryl/α,β-unsaturated/α-hetero) is 1. The number of esters is 2. The number of ether oxygens (including phenoxy) is 2. The van der Waals surface area contributed by atoms with E-state index in [-0.39, 0.29) is 47.0 Å². The van der Waals surface area contributed by atoms with E-state index in [1.165, 1.54) is 26.0 Å². The number of ketones is 1. The summed E-state index contributed by atoms with van der Waals surface area (Å²) in [6.07, 6.45) is 2.61. The second-order valence-electron chi connectivity index (χ2n) is 8.45. The Morgan fingerprint density at radius 1 is 1.23 bits per heavy atom. The SMILES string of the molecule is CCOC(=O)COP(=O)(NC(C)(C)C(=O)OCC)c1ccc(-c2nc(N)sc2C(=O)C2CCC2)o1. The quantitative estimate of drug-likeness (QED) is 0.237. The Bertz CT molecular complexity index is 1140. The smallest absolute Gasteiger partial charge is 0.335 e. The van der Waals surface area contributed by atoms with Crippen LogP contribution in [-0.2, 0) is 28.2 Å². The summed E-state index contributed by atoms with van der Waals surface area (Å²) in [6.45, 7) is 5.78. The van der Waals surface area contributed by atoms with Gasteiger partial charge in [-0.25, -0.2) is 14.9 Å². The molecule has 1 saturated carbocycles. The Balaban J connectivity index is 1.94. The van der Waals surface area contributed by atoms with Gasteiger partial charge in [0, 0.05) is 5.92 Å². The van der Waals surface area contributed by atoms with Gasteiger partial charge >= 0.3 is 19.5 Å². The van der Waals surface area contributed by atoms with E-state index in [1.54, 1.807) is 13.8 Å². The minimum atomic E-state index is -4.15. The Morgan fingerprint density at radius 3 is 2.51 bits per heavy atom. The largest absolute Gasteiger partial charge is 0.465 e. The van der Waals surface area contributed by atoms with Crippen LogP contribution in [0.4, 0.5) is 5.13 Å². The number of furan rings is 1. The van der Waals surface area contributed by atoms with E-state index in [0.717, 1.165) is 30.6 Å². The van der Waals surface area contributed by atoms with Gasteiger partial charge in [-0.05, 0) is 52.7 Å². The maximum Gasteiger partial charge on any atom is 0.335 e. The molecule has 13 heteroatoms. The van der Waals surface area contributed by atoms with Gasteiger partial charge in [0.05, 0.1) is 13.2 Å². The molecule has 0 aliphatic heterocycles. The lowest BCUT2D eigenvalue weighted by Gasteiger charge is -2.28. The van der Waals surface area contributed by atoms with Gasteiger partial charge in [0.25, 0.3) is 0 Å². The molecule has 2 heterocycles. The Labute approximate surface area is 207 Å². The fourth-order valence-electron chi connectivity index (χ4n) is 3.36. The predicted molar refractivity (Wildman–Crippen MR) is 130 cm³/mol. The molecule has 35 heavy (non-hydrogen) atoms. The zero-order valence-electron chi connectivity index (χ0n) is 20.1. The zero-order valence-corrected chi connectivity index (χ0v) is 21.8. The Kier molecular flexibility index (Phi) is 8.53. The van der Waals surface area contributed by atoms with Crippen molar-refractivity contribution in [1.29, 1.82) is 0 Å². The van der Waals surface area contributed by atoms with Gasteiger partial charge in [0.1, 0.15) is 16.1 Å². The Morgan fingerprint density at radius 2 is 1.91 bits per heavy atom. The molecule has 0 spiro atoms. The van der Waals surface area contributed by atoms with Crippen LogP contribution in [0.15, 0.2) is 16.5 Å². The van der Waals surface area contributed by atoms with Gasteiger partial charge in [-0.2, -0.15) is 0 Å². The molecule has 1 unspecified atom stereocenters. The molecule has 0 saturated heterocycles. The van der Waals surface area contributed by atoms with Crippen molar-refractivity contribution < 1.29 is 37.4 Å². The lowest BCUT2D eigenvalue weighted by atomic mass is 9.81. The molecular formula is C22H30N3O8PS. The molecule has 1 atom stereocenters. The highest BCUT2D eigenvalue weighted by atomic mass is 32.1. The van der Waals surface area contributed by atoms with E-state index >= 15 is 0 Å². The molecule has 1 aliphatic carbocycles. The van der Waals surface area contributed by atoms with Gasteiger partial charge in [-0.15, -0.1) is 0 Å². The van der Waals surface area contributed by atoms with Crippen molar-refractivity contribution in [3.63, 3.8) is 0 Å². The Hall–Kier alpha value is -2.53. The molecular weight excluding hydrogens is 497 g/mol. The van der Waals surface area contributed by atoms with E-state index in [1.807, 2.05) is 0 Å². The van der Waals surface area contributed by atoms with Crippen molar-refractivity contribution >= 4 is 47.2 Å². The molecule has 2 aromatic rings. The first-order chi connectivity index (χ1) is 16.5. The monoisotopic (exact) mass is 527 g/mol. The number of hydrogen-bond donors (Lipinski definition) is 2. The molecule has 0 radical (unpaired) electrons. The first-order valence-electron chi connectivity index (χ1n) is 11.3. The molecule has 0 bridgehead atoms. The van der Waals surface area contributed by atoms with Crippen molar-refractivity contribution in [1.82, 2.24) is 10.1 Å². The predicted octanol–water partition coefficient (Wildman–Crippen LogP) is 3.30. The number of thiazole rings is 1. The van der Waals surface area contributed by atoms with Gasteiger partial charge in [-0.1, -0.05) is 17.8 Å². The van der Waals surface area contributed by atoms with Crippen LogP contribution < -0.4 is 16.3 Å². The third-order valence-electron chi connectivity index (χ3n) is 5.34. The fraction of sp³-hybridized carbons (Fsp3) is 0.545. The highest BCUT2D eigenvalue weighted by Crippen LogP contribution is 2.45. The molecule has 0 aromatic carbocycles. The van der Waals surface area contributed by atoms with Crippen molar-refractivity contribution in [2.45, 2.75) is 52.5 Å². The lowest BCUT2D eigenvalue weighted by Crippen LogP contribution is -2.47. The minimum absolute atomic E-state index is 0.0540. The van der Waals surface area contributed by atoms with Crippen LogP contribution in [-0.4, -0.2) is 48.1 Å². The van der Waals surface area contributed by atoms with Crippen LogP contribution in [0, 0.1) is 5.92 Å². The van der Waals surface area contributed by atoms with Gasteiger partial charge in [0.15, 0.2) is 23.3 Å². The number of nitrogens with zero attached hydrogens (tertiary/aromatic N) is 1. The molecule has 11 nitrogen and oxygen atoms in total. The maximum absolute atomic E-state index is 13.9. The molecule has 1 aliphatic rings. The third-order valence-corrected chi connectivity index (χ3v) is 8.41. The van der Waals surface area contributed by atoms with Crippen LogP contribution in [0.25, 0.3) is 11.5 Å². The van der Waals surface area contributed by atoms with Crippen molar-refractivity contribution in [3.8, 4) is 11.5 Å².